The van der Waals surface area contributed by atoms with E-state index in [9.17, 15) is 4.79 Å². The molecule has 94 valence electrons. The summed E-state index contributed by atoms with van der Waals surface area (Å²) in [6.07, 6.45) is 0. The molecule has 0 atom stereocenters. The number of pyridine rings is 1. The Morgan fingerprint density at radius 2 is 1.95 bits per heavy atom. The summed E-state index contributed by atoms with van der Waals surface area (Å²) in [4.78, 5) is 15.7. The van der Waals surface area contributed by atoms with Crippen molar-refractivity contribution in [3.05, 3.63) is 52.7 Å². The minimum absolute atomic E-state index is 0.0875. The summed E-state index contributed by atoms with van der Waals surface area (Å²) < 4.78 is 0. The van der Waals surface area contributed by atoms with Crippen LogP contribution in [0.25, 0.3) is 0 Å². The molecular formula is C13H7ClN2O2S. The smallest absolute Gasteiger partial charge is 0.354 e. The van der Waals surface area contributed by atoms with Crippen molar-refractivity contribution in [1.29, 1.82) is 5.26 Å². The second-order valence-corrected chi connectivity index (χ2v) is 5.02. The minimum Gasteiger partial charge on any atom is -0.477 e. The summed E-state index contributed by atoms with van der Waals surface area (Å²) in [6, 6.07) is 11.8. The van der Waals surface area contributed by atoms with Crippen molar-refractivity contribution in [1.82, 2.24) is 4.98 Å². The van der Waals surface area contributed by atoms with Crippen LogP contribution in [0.15, 0.2) is 46.3 Å². The standard InChI is InChI=1S/C13H7ClN2O2S/c14-9-2-4-10(5-3-9)19-12-8(7-15)1-6-11(16-12)13(17)18/h1-6H,(H,17,18). The molecule has 0 radical (unpaired) electrons. The molecule has 1 N–H and O–H groups in total. The molecule has 1 aromatic heterocycles. The Balaban J connectivity index is 2.37. The van der Waals surface area contributed by atoms with E-state index in [0.717, 1.165) is 4.90 Å². The van der Waals surface area contributed by atoms with Crippen molar-refractivity contribution in [2.45, 2.75) is 9.92 Å². The average molecular weight is 291 g/mol. The maximum Gasteiger partial charge on any atom is 0.354 e. The van der Waals surface area contributed by atoms with E-state index in [4.69, 9.17) is 22.0 Å². The van der Waals surface area contributed by atoms with Crippen LogP contribution in [-0.2, 0) is 0 Å². The van der Waals surface area contributed by atoms with Crippen LogP contribution in [0.2, 0.25) is 5.02 Å². The number of halogens is 1. The third-order valence-corrected chi connectivity index (χ3v) is 3.49. The van der Waals surface area contributed by atoms with Crippen molar-refractivity contribution in [3.63, 3.8) is 0 Å². The summed E-state index contributed by atoms with van der Waals surface area (Å²) in [6.45, 7) is 0. The number of hydrogen-bond acceptors (Lipinski definition) is 4. The number of rotatable bonds is 3. The van der Waals surface area contributed by atoms with E-state index in [0.29, 0.717) is 15.6 Å². The zero-order chi connectivity index (χ0) is 13.8. The van der Waals surface area contributed by atoms with Crippen molar-refractivity contribution in [2.24, 2.45) is 0 Å². The zero-order valence-corrected chi connectivity index (χ0v) is 11.1. The molecule has 0 saturated heterocycles. The van der Waals surface area contributed by atoms with Crippen LogP contribution in [0.3, 0.4) is 0 Å². The fourth-order valence-electron chi connectivity index (χ4n) is 1.34. The summed E-state index contributed by atoms with van der Waals surface area (Å²) in [5.74, 6) is -1.12. The lowest BCUT2D eigenvalue weighted by Gasteiger charge is -2.04. The summed E-state index contributed by atoms with van der Waals surface area (Å²) in [7, 11) is 0. The van der Waals surface area contributed by atoms with E-state index >= 15 is 0 Å². The van der Waals surface area contributed by atoms with Gasteiger partial charge < -0.3 is 5.11 Å². The van der Waals surface area contributed by atoms with E-state index in [-0.39, 0.29) is 5.69 Å². The van der Waals surface area contributed by atoms with Crippen molar-refractivity contribution < 1.29 is 9.90 Å². The first-order valence-corrected chi connectivity index (χ1v) is 6.37. The molecule has 4 nitrogen and oxygen atoms in total. The second-order valence-electron chi connectivity index (χ2n) is 3.52. The molecule has 19 heavy (non-hydrogen) atoms. The molecule has 1 heterocycles. The predicted octanol–water partition coefficient (Wildman–Crippen LogP) is 3.46. The highest BCUT2D eigenvalue weighted by Crippen LogP contribution is 2.29. The van der Waals surface area contributed by atoms with Crippen LogP contribution >= 0.6 is 23.4 Å². The van der Waals surface area contributed by atoms with E-state index < -0.39 is 5.97 Å². The van der Waals surface area contributed by atoms with Crippen LogP contribution in [0.4, 0.5) is 0 Å². The molecule has 0 aliphatic rings. The highest BCUT2D eigenvalue weighted by molar-refractivity contribution is 7.99. The van der Waals surface area contributed by atoms with E-state index in [1.165, 1.54) is 23.9 Å². The molecule has 0 aliphatic heterocycles. The molecular weight excluding hydrogens is 284 g/mol. The lowest BCUT2D eigenvalue weighted by atomic mass is 10.3. The van der Waals surface area contributed by atoms with Gasteiger partial charge in [0.1, 0.15) is 16.8 Å². The van der Waals surface area contributed by atoms with Crippen LogP contribution in [0.1, 0.15) is 16.1 Å². The number of nitrogens with zero attached hydrogens (tertiary/aromatic N) is 2. The molecule has 0 spiro atoms. The van der Waals surface area contributed by atoms with Crippen LogP contribution < -0.4 is 0 Å². The molecule has 0 bridgehead atoms. The lowest BCUT2D eigenvalue weighted by molar-refractivity contribution is 0.0689. The Bertz CT molecular complexity index is 665. The molecule has 0 amide bonds. The highest BCUT2D eigenvalue weighted by Gasteiger charge is 2.11. The van der Waals surface area contributed by atoms with Gasteiger partial charge in [0.25, 0.3) is 0 Å². The van der Waals surface area contributed by atoms with E-state index in [1.807, 2.05) is 6.07 Å². The number of nitriles is 1. The van der Waals surface area contributed by atoms with Crippen LogP contribution in [0.5, 0.6) is 0 Å². The maximum atomic E-state index is 10.9. The number of aromatic carboxylic acids is 1. The van der Waals surface area contributed by atoms with Crippen molar-refractivity contribution >= 4 is 29.3 Å². The maximum absolute atomic E-state index is 10.9. The van der Waals surface area contributed by atoms with Gasteiger partial charge in [-0.15, -0.1) is 0 Å². The first kappa shape index (κ1) is 13.4. The number of carbonyl (C=O) groups is 1. The summed E-state index contributed by atoms with van der Waals surface area (Å²) in [5, 5.41) is 18.9. The number of benzene rings is 1. The van der Waals surface area contributed by atoms with Crippen LogP contribution in [0, 0.1) is 11.3 Å². The van der Waals surface area contributed by atoms with E-state index in [2.05, 4.69) is 4.98 Å². The first-order chi connectivity index (χ1) is 9.10. The Hall–Kier alpha value is -2.03. The van der Waals surface area contributed by atoms with Gasteiger partial charge in [-0.1, -0.05) is 23.4 Å². The average Bonchev–Trinajstić information content (AvgIpc) is 2.41. The van der Waals surface area contributed by atoms with Gasteiger partial charge >= 0.3 is 5.97 Å². The second kappa shape index (κ2) is 5.74. The van der Waals surface area contributed by atoms with Gasteiger partial charge in [0, 0.05) is 9.92 Å². The van der Waals surface area contributed by atoms with Gasteiger partial charge in [-0.3, -0.25) is 0 Å². The number of carboxylic acids is 1. The van der Waals surface area contributed by atoms with Gasteiger partial charge in [0.2, 0.25) is 0 Å². The van der Waals surface area contributed by atoms with Crippen molar-refractivity contribution in [2.75, 3.05) is 0 Å². The van der Waals surface area contributed by atoms with Crippen LogP contribution in [-0.4, -0.2) is 16.1 Å². The third kappa shape index (κ3) is 3.25. The Morgan fingerprint density at radius 3 is 2.53 bits per heavy atom. The predicted molar refractivity (Wildman–Crippen MR) is 71.5 cm³/mol. The Labute approximate surface area is 118 Å². The minimum atomic E-state index is -1.12. The summed E-state index contributed by atoms with van der Waals surface area (Å²) >= 11 is 7.01. The van der Waals surface area contributed by atoms with Gasteiger partial charge in [-0.2, -0.15) is 5.26 Å². The molecule has 0 unspecified atom stereocenters. The first-order valence-electron chi connectivity index (χ1n) is 5.18. The lowest BCUT2D eigenvalue weighted by Crippen LogP contribution is -2.01. The van der Waals surface area contributed by atoms with E-state index in [1.54, 1.807) is 24.3 Å². The van der Waals surface area contributed by atoms with Gasteiger partial charge in [0.05, 0.1) is 5.56 Å². The quantitative estimate of drug-likeness (QED) is 0.937. The largest absolute Gasteiger partial charge is 0.477 e. The Morgan fingerprint density at radius 1 is 1.26 bits per heavy atom. The number of hydrogen-bond donors (Lipinski definition) is 1. The molecule has 0 fully saturated rings. The molecule has 2 aromatic rings. The van der Waals surface area contributed by atoms with Gasteiger partial charge in [-0.05, 0) is 36.4 Å². The molecule has 0 saturated carbocycles. The molecule has 1 aromatic carbocycles. The fraction of sp³-hybridized carbons (Fsp3) is 0. The number of aromatic nitrogens is 1. The molecule has 0 aliphatic carbocycles. The van der Waals surface area contributed by atoms with Gasteiger partial charge in [0.15, 0.2) is 0 Å². The summed E-state index contributed by atoms with van der Waals surface area (Å²) in [5.41, 5.74) is 0.250. The van der Waals surface area contributed by atoms with Crippen molar-refractivity contribution in [3.8, 4) is 6.07 Å². The SMILES string of the molecule is N#Cc1ccc(C(=O)O)nc1Sc1ccc(Cl)cc1. The zero-order valence-electron chi connectivity index (χ0n) is 9.50. The topological polar surface area (TPSA) is 74.0 Å². The number of carboxylic acid groups (broad SMARTS) is 1. The van der Waals surface area contributed by atoms with Gasteiger partial charge in [-0.25, -0.2) is 9.78 Å². The third-order valence-electron chi connectivity index (χ3n) is 2.23. The molecule has 2 rings (SSSR count). The molecule has 6 heteroatoms. The normalized spacial score (nSPS) is 9.89. The fourth-order valence-corrected chi connectivity index (χ4v) is 2.33. The monoisotopic (exact) mass is 290 g/mol. The Kier molecular flexibility index (Phi) is 4.05. The highest BCUT2D eigenvalue weighted by atomic mass is 35.5.